The van der Waals surface area contributed by atoms with E-state index in [4.69, 9.17) is 14.5 Å². The first-order valence-corrected chi connectivity index (χ1v) is 10.4. The van der Waals surface area contributed by atoms with Crippen molar-refractivity contribution < 1.29 is 18.3 Å². The maximum atomic E-state index is 13.6. The number of fused-ring (bicyclic) bond motifs is 1. The average molecular weight is 466 g/mol. The molecule has 0 bridgehead atoms. The van der Waals surface area contributed by atoms with Gasteiger partial charge in [-0.1, -0.05) is 22.9 Å². The van der Waals surface area contributed by atoms with Crippen LogP contribution in [0.1, 0.15) is 31.2 Å². The van der Waals surface area contributed by atoms with E-state index in [1.807, 2.05) is 13.0 Å². The zero-order valence-corrected chi connectivity index (χ0v) is 17.8. The summed E-state index contributed by atoms with van der Waals surface area (Å²) in [5.41, 5.74) is 1.60. The van der Waals surface area contributed by atoms with Crippen molar-refractivity contribution in [2.45, 2.75) is 25.9 Å². The van der Waals surface area contributed by atoms with Gasteiger partial charge in [0, 0.05) is 41.7 Å². The lowest BCUT2D eigenvalue weighted by Crippen LogP contribution is -2.38. The lowest BCUT2D eigenvalue weighted by molar-refractivity contribution is 0.122. The van der Waals surface area contributed by atoms with E-state index in [0.29, 0.717) is 13.2 Å². The van der Waals surface area contributed by atoms with Crippen molar-refractivity contribution in [3.05, 3.63) is 51.9 Å². The number of rotatable bonds is 4. The second-order valence-electron chi connectivity index (χ2n) is 7.37. The summed E-state index contributed by atoms with van der Waals surface area (Å²) in [5, 5.41) is 0. The van der Waals surface area contributed by atoms with Gasteiger partial charge in [-0.15, -0.1) is 0 Å². The molecule has 1 fully saturated rings. The molecule has 4 rings (SSSR count). The number of ether oxygens (including phenoxy) is 2. The van der Waals surface area contributed by atoms with Crippen molar-refractivity contribution >= 4 is 27.8 Å². The van der Waals surface area contributed by atoms with E-state index in [1.165, 1.54) is 12.1 Å². The zero-order chi connectivity index (χ0) is 20.5. The zero-order valence-electron chi connectivity index (χ0n) is 16.2. The normalized spacial score (nSPS) is 22.7. The molecule has 1 aliphatic carbocycles. The Morgan fingerprint density at radius 1 is 1.21 bits per heavy atom. The minimum atomic E-state index is -0.667. The van der Waals surface area contributed by atoms with Crippen molar-refractivity contribution in [3.63, 3.8) is 0 Å². The number of hydrogen-bond donors (Lipinski definition) is 0. The van der Waals surface area contributed by atoms with Crippen LogP contribution in [0.5, 0.6) is 5.75 Å². The van der Waals surface area contributed by atoms with Gasteiger partial charge in [0.25, 0.3) is 0 Å². The lowest BCUT2D eigenvalue weighted by atomic mass is 9.81. The topological polar surface area (TPSA) is 47.5 Å². The highest BCUT2D eigenvalue weighted by atomic mass is 79.9. The number of halogens is 3. The summed E-state index contributed by atoms with van der Waals surface area (Å²) >= 11 is 3.63. The van der Waals surface area contributed by atoms with E-state index >= 15 is 0 Å². The molecule has 1 aliphatic heterocycles. The summed E-state index contributed by atoms with van der Waals surface area (Å²) < 4.78 is 39.5. The Morgan fingerprint density at radius 3 is 2.59 bits per heavy atom. The summed E-state index contributed by atoms with van der Waals surface area (Å²) in [6.45, 7) is 6.82. The Hall–Kier alpha value is -2.06. The highest BCUT2D eigenvalue weighted by Crippen LogP contribution is 2.42. The number of benzene rings is 1. The van der Waals surface area contributed by atoms with Crippen LogP contribution in [0.3, 0.4) is 0 Å². The Kier molecular flexibility index (Phi) is 5.83. The first-order valence-electron chi connectivity index (χ1n) is 9.62. The van der Waals surface area contributed by atoms with E-state index in [-0.39, 0.29) is 23.7 Å². The Balaban J connectivity index is 1.66. The van der Waals surface area contributed by atoms with Gasteiger partial charge in [0.05, 0.1) is 30.8 Å². The van der Waals surface area contributed by atoms with Crippen LogP contribution in [-0.4, -0.2) is 42.4 Å². The summed E-state index contributed by atoms with van der Waals surface area (Å²) in [4.78, 5) is 11.7. The fraction of sp³-hybridized carbons (Fsp3) is 0.429. The Morgan fingerprint density at radius 2 is 1.90 bits per heavy atom. The van der Waals surface area contributed by atoms with Crippen LogP contribution in [0.15, 0.2) is 28.9 Å². The summed E-state index contributed by atoms with van der Waals surface area (Å²) in [6.07, 6.45) is 3.38. The average Bonchev–Trinajstić information content (AvgIpc) is 2.68. The van der Waals surface area contributed by atoms with Crippen LogP contribution in [0, 0.1) is 17.6 Å². The molecule has 2 heterocycles. The molecule has 8 heteroatoms. The lowest BCUT2D eigenvalue weighted by Gasteiger charge is -2.34. The molecule has 0 radical (unpaired) electrons. The molecule has 1 aromatic heterocycles. The fourth-order valence-electron chi connectivity index (χ4n) is 3.89. The molecule has 29 heavy (non-hydrogen) atoms. The maximum Gasteiger partial charge on any atom is 0.147 e. The van der Waals surface area contributed by atoms with Gasteiger partial charge in [0.1, 0.15) is 29.3 Å². The Labute approximate surface area is 176 Å². The van der Waals surface area contributed by atoms with Gasteiger partial charge < -0.3 is 14.4 Å². The predicted octanol–water partition coefficient (Wildman–Crippen LogP) is 4.53. The largest absolute Gasteiger partial charge is 0.490 e. The van der Waals surface area contributed by atoms with Crippen molar-refractivity contribution in [1.29, 1.82) is 0 Å². The molecule has 3 unspecified atom stereocenters. The third-order valence-electron chi connectivity index (χ3n) is 5.38. The molecule has 0 amide bonds. The minimum Gasteiger partial charge on any atom is -0.490 e. The van der Waals surface area contributed by atoms with Gasteiger partial charge in [-0.05, 0) is 18.9 Å². The van der Waals surface area contributed by atoms with Crippen LogP contribution in [0.2, 0.25) is 0 Å². The Bertz CT molecular complexity index is 914. The molecule has 5 nitrogen and oxygen atoms in total. The second-order valence-corrected chi connectivity index (χ2v) is 8.29. The number of anilines is 1. The molecule has 154 valence electrons. The summed E-state index contributed by atoms with van der Waals surface area (Å²) in [6, 6.07) is 3.21. The molecule has 1 aromatic carbocycles. The molecule has 0 N–H and O–H groups in total. The predicted molar refractivity (Wildman–Crippen MR) is 110 cm³/mol. The molecular weight excluding hydrogens is 444 g/mol. The van der Waals surface area contributed by atoms with Crippen molar-refractivity contribution in [2.24, 2.45) is 5.92 Å². The van der Waals surface area contributed by atoms with E-state index in [9.17, 15) is 8.78 Å². The van der Waals surface area contributed by atoms with Gasteiger partial charge in [-0.25, -0.2) is 13.8 Å². The smallest absolute Gasteiger partial charge is 0.147 e. The molecule has 0 saturated carbocycles. The molecule has 2 aliphatic rings. The number of hydrogen-bond acceptors (Lipinski definition) is 5. The first kappa shape index (κ1) is 20.2. The fourth-order valence-corrected chi connectivity index (χ4v) is 4.39. The van der Waals surface area contributed by atoms with E-state index in [2.05, 4.69) is 32.7 Å². The molecule has 1 saturated heterocycles. The van der Waals surface area contributed by atoms with Crippen LogP contribution < -0.4 is 9.64 Å². The number of morpholine rings is 1. The second kappa shape index (κ2) is 8.36. The van der Waals surface area contributed by atoms with Gasteiger partial charge in [-0.3, -0.25) is 4.98 Å². The molecule has 0 spiro atoms. The van der Waals surface area contributed by atoms with Gasteiger partial charge >= 0.3 is 0 Å². The standard InChI is InChI=1S/C21H22BrF2N3O2/c1-12-17(22)10-18-21(26-19(11-25-18)27-3-5-28-6-4-27)20(12)13(2)29-16-8-14(23)7-15(24)9-16/h7-13,20H,3-6H2,1-2H3. The summed E-state index contributed by atoms with van der Waals surface area (Å²) in [7, 11) is 0. The number of aromatic nitrogens is 2. The monoisotopic (exact) mass is 465 g/mol. The van der Waals surface area contributed by atoms with Crippen LogP contribution in [-0.2, 0) is 4.74 Å². The van der Waals surface area contributed by atoms with E-state index in [0.717, 1.165) is 40.8 Å². The quantitative estimate of drug-likeness (QED) is 0.663. The number of allylic oxidation sites excluding steroid dienone is 1. The highest BCUT2D eigenvalue weighted by Gasteiger charge is 2.36. The van der Waals surface area contributed by atoms with Gasteiger partial charge in [0.2, 0.25) is 0 Å². The van der Waals surface area contributed by atoms with Crippen molar-refractivity contribution in [2.75, 3.05) is 31.2 Å². The van der Waals surface area contributed by atoms with Crippen LogP contribution in [0.25, 0.3) is 6.08 Å². The number of nitrogens with zero attached hydrogens (tertiary/aromatic N) is 3. The summed E-state index contributed by atoms with van der Waals surface area (Å²) in [5.74, 6) is -0.430. The minimum absolute atomic E-state index is 0.0742. The van der Waals surface area contributed by atoms with Gasteiger partial charge in [-0.2, -0.15) is 0 Å². The molecular formula is C21H22BrF2N3O2. The molecule has 3 atom stereocenters. The third-order valence-corrected chi connectivity index (χ3v) is 6.33. The highest BCUT2D eigenvalue weighted by molar-refractivity contribution is 9.11. The van der Waals surface area contributed by atoms with E-state index < -0.39 is 11.6 Å². The first-order chi connectivity index (χ1) is 13.9. The SMILES string of the molecule is CC(Oc1cc(F)cc(F)c1)C1c2nc(N3CCOCC3)cnc2C=C(Br)C1C. The van der Waals surface area contributed by atoms with Crippen LogP contribution in [0.4, 0.5) is 14.6 Å². The van der Waals surface area contributed by atoms with Gasteiger partial charge in [0.15, 0.2) is 0 Å². The van der Waals surface area contributed by atoms with E-state index in [1.54, 1.807) is 6.20 Å². The van der Waals surface area contributed by atoms with Crippen LogP contribution >= 0.6 is 15.9 Å². The van der Waals surface area contributed by atoms with Crippen molar-refractivity contribution in [3.8, 4) is 5.75 Å². The molecule has 2 aromatic rings. The maximum absolute atomic E-state index is 13.6. The third kappa shape index (κ3) is 4.28. The van der Waals surface area contributed by atoms with Crippen molar-refractivity contribution in [1.82, 2.24) is 9.97 Å².